The molecule has 0 amide bonds. The van der Waals surface area contributed by atoms with Crippen molar-refractivity contribution in [1.29, 1.82) is 0 Å². The molecule has 0 aromatic carbocycles. The molecule has 0 aliphatic carbocycles. The van der Waals surface area contributed by atoms with E-state index in [9.17, 15) is 49.5 Å². The summed E-state index contributed by atoms with van der Waals surface area (Å²) >= 11 is 0. The van der Waals surface area contributed by atoms with E-state index in [1.807, 2.05) is 0 Å². The maximum Gasteiger partial charge on any atom is 0.381 e. The van der Waals surface area contributed by atoms with Crippen LogP contribution in [0, 0.1) is 11.8 Å². The quantitative estimate of drug-likeness (QED) is 0.227. The second kappa shape index (κ2) is 7.56. The Morgan fingerprint density at radius 2 is 1.69 bits per heavy atom. The van der Waals surface area contributed by atoms with Gasteiger partial charge in [-0.3, -0.25) is 9.59 Å². The highest BCUT2D eigenvalue weighted by molar-refractivity contribution is 5.89. The van der Waals surface area contributed by atoms with Crippen LogP contribution in [0.2, 0.25) is 0 Å². The predicted molar refractivity (Wildman–Crippen MR) is 82.0 cm³/mol. The Balaban J connectivity index is 1.76. The number of rotatable bonds is 8. The van der Waals surface area contributed by atoms with Gasteiger partial charge in [-0.1, -0.05) is 6.58 Å². The molecule has 6 unspecified atom stereocenters. The number of fused-ring (bicyclic) bond motifs is 1. The Hall–Kier alpha value is -2.45. The van der Waals surface area contributed by atoms with Gasteiger partial charge in [0.15, 0.2) is 18.8 Å². The smallest absolute Gasteiger partial charge is 0.381 e. The van der Waals surface area contributed by atoms with E-state index in [4.69, 9.17) is 14.2 Å². The Morgan fingerprint density at radius 3 is 2.22 bits per heavy atom. The molecule has 15 heteroatoms. The zero-order chi connectivity index (χ0) is 24.4. The van der Waals surface area contributed by atoms with Gasteiger partial charge in [-0.2, -0.15) is 26.3 Å². The van der Waals surface area contributed by atoms with Gasteiger partial charge < -0.3 is 18.9 Å². The van der Waals surface area contributed by atoms with E-state index in [1.54, 1.807) is 0 Å². The minimum Gasteiger partial charge on any atom is -0.459 e. The normalized spacial score (nSPS) is 31.6. The van der Waals surface area contributed by atoms with Gasteiger partial charge >= 0.3 is 42.1 Å². The lowest BCUT2D eigenvalue weighted by molar-refractivity contribution is -0.344. The molecule has 7 nitrogen and oxygen atoms in total. The summed E-state index contributed by atoms with van der Waals surface area (Å²) in [6, 6.07) is 0. The van der Waals surface area contributed by atoms with Crippen molar-refractivity contribution < 1.29 is 68.5 Å². The monoisotopic (exact) mass is 482 g/mol. The molecule has 180 valence electrons. The summed E-state index contributed by atoms with van der Waals surface area (Å²) in [6.07, 6.45) is -10.3. The Morgan fingerprint density at radius 1 is 1.09 bits per heavy atom. The van der Waals surface area contributed by atoms with Crippen molar-refractivity contribution in [3.05, 3.63) is 12.2 Å². The van der Waals surface area contributed by atoms with Crippen LogP contribution >= 0.6 is 0 Å². The summed E-state index contributed by atoms with van der Waals surface area (Å²) in [5.74, 6) is -25.9. The van der Waals surface area contributed by atoms with Crippen LogP contribution in [-0.4, -0.2) is 73.1 Å². The SMILES string of the molecule is C=C(C)C(=O)OC1C2OC(=O)C3C2OC1C3C(=O)OCC(F)(F)C(F)(F)C(F)(F)C(F)F. The van der Waals surface area contributed by atoms with Gasteiger partial charge in [0.2, 0.25) is 0 Å². The van der Waals surface area contributed by atoms with Crippen LogP contribution in [-0.2, 0) is 33.3 Å². The van der Waals surface area contributed by atoms with E-state index in [0.717, 1.165) is 0 Å². The first-order chi connectivity index (χ1) is 14.5. The minimum absolute atomic E-state index is 0.0883. The molecule has 3 rings (SSSR count). The molecular weight excluding hydrogens is 468 g/mol. The highest BCUT2D eigenvalue weighted by Crippen LogP contribution is 2.52. The molecule has 0 radical (unpaired) electrons. The van der Waals surface area contributed by atoms with Gasteiger partial charge in [0.05, 0.1) is 0 Å². The van der Waals surface area contributed by atoms with Crippen LogP contribution < -0.4 is 0 Å². The molecule has 3 saturated heterocycles. The molecule has 3 aliphatic rings. The van der Waals surface area contributed by atoms with Gasteiger partial charge in [0.25, 0.3) is 0 Å². The molecule has 6 atom stereocenters. The standard InChI is InChI=1S/C17H14F8O7/c1-4(2)11(26)31-9-7-5(6-8(30-7)10(9)32-13(6)28)12(27)29-3-15(20,21)17(24,25)16(22,23)14(18)19/h5-10,14H,1,3H2,2H3. The first-order valence-electron chi connectivity index (χ1n) is 8.85. The average molecular weight is 482 g/mol. The van der Waals surface area contributed by atoms with E-state index < -0.39 is 85.0 Å². The highest BCUT2D eigenvalue weighted by Gasteiger charge is 2.76. The summed E-state index contributed by atoms with van der Waals surface area (Å²) in [6.45, 7) is 1.89. The predicted octanol–water partition coefficient (Wildman–Crippen LogP) is 2.13. The third kappa shape index (κ3) is 3.40. The Kier molecular flexibility index (Phi) is 5.71. The van der Waals surface area contributed by atoms with Crippen molar-refractivity contribution in [3.8, 4) is 0 Å². The molecule has 3 fully saturated rings. The highest BCUT2D eigenvalue weighted by atomic mass is 19.4. The van der Waals surface area contributed by atoms with Crippen molar-refractivity contribution in [2.24, 2.45) is 11.8 Å². The molecule has 32 heavy (non-hydrogen) atoms. The zero-order valence-corrected chi connectivity index (χ0v) is 15.8. The van der Waals surface area contributed by atoms with E-state index in [-0.39, 0.29) is 5.57 Å². The van der Waals surface area contributed by atoms with Crippen molar-refractivity contribution in [2.45, 2.75) is 55.5 Å². The fourth-order valence-corrected chi connectivity index (χ4v) is 3.69. The second-order valence-electron chi connectivity index (χ2n) is 7.48. The molecule has 0 N–H and O–H groups in total. The largest absolute Gasteiger partial charge is 0.459 e. The Labute approximate surface area is 173 Å². The molecule has 3 heterocycles. The van der Waals surface area contributed by atoms with Crippen molar-refractivity contribution in [1.82, 2.24) is 0 Å². The number of ether oxygens (including phenoxy) is 4. The molecule has 0 spiro atoms. The summed E-state index contributed by atoms with van der Waals surface area (Å²) in [7, 11) is 0. The van der Waals surface area contributed by atoms with Crippen LogP contribution in [0.4, 0.5) is 35.1 Å². The fraction of sp³-hybridized carbons (Fsp3) is 0.706. The van der Waals surface area contributed by atoms with Crippen LogP contribution in [0.25, 0.3) is 0 Å². The van der Waals surface area contributed by atoms with Crippen LogP contribution in [0.3, 0.4) is 0 Å². The van der Waals surface area contributed by atoms with E-state index in [2.05, 4.69) is 11.3 Å². The van der Waals surface area contributed by atoms with Gasteiger partial charge in [-0.05, 0) is 6.92 Å². The van der Waals surface area contributed by atoms with Crippen LogP contribution in [0.1, 0.15) is 6.92 Å². The van der Waals surface area contributed by atoms with Crippen LogP contribution in [0.15, 0.2) is 12.2 Å². The molecule has 0 aromatic rings. The lowest BCUT2D eigenvalue weighted by atomic mass is 9.78. The maximum atomic E-state index is 13.7. The molecule has 0 aromatic heterocycles. The van der Waals surface area contributed by atoms with Crippen LogP contribution in [0.5, 0.6) is 0 Å². The molecule has 0 saturated carbocycles. The number of hydrogen-bond donors (Lipinski definition) is 0. The minimum atomic E-state index is -6.57. The first-order valence-corrected chi connectivity index (χ1v) is 8.85. The molecular formula is C17H14F8O7. The topological polar surface area (TPSA) is 88.1 Å². The number of hydrogen-bond acceptors (Lipinski definition) is 7. The Bertz CT molecular complexity index is 845. The van der Waals surface area contributed by atoms with Gasteiger partial charge in [-0.15, -0.1) is 0 Å². The number of carbonyl (C=O) groups excluding carboxylic acids is 3. The molecule has 2 bridgehead atoms. The maximum absolute atomic E-state index is 13.7. The summed E-state index contributed by atoms with van der Waals surface area (Å²) < 4.78 is 124. The fourth-order valence-electron chi connectivity index (χ4n) is 3.69. The van der Waals surface area contributed by atoms with Gasteiger partial charge in [0.1, 0.15) is 24.0 Å². The third-order valence-electron chi connectivity index (χ3n) is 5.32. The number of alkyl halides is 8. The van der Waals surface area contributed by atoms with Gasteiger partial charge in [0, 0.05) is 5.57 Å². The van der Waals surface area contributed by atoms with Crippen molar-refractivity contribution >= 4 is 17.9 Å². The lowest BCUT2D eigenvalue weighted by Gasteiger charge is -2.32. The summed E-state index contributed by atoms with van der Waals surface area (Å²) in [4.78, 5) is 36.1. The first kappa shape index (κ1) is 24.2. The number of carbonyl (C=O) groups is 3. The second-order valence-corrected chi connectivity index (χ2v) is 7.48. The zero-order valence-electron chi connectivity index (χ0n) is 15.8. The van der Waals surface area contributed by atoms with Crippen molar-refractivity contribution in [3.63, 3.8) is 0 Å². The van der Waals surface area contributed by atoms with E-state index in [1.165, 1.54) is 6.92 Å². The van der Waals surface area contributed by atoms with E-state index in [0.29, 0.717) is 0 Å². The van der Waals surface area contributed by atoms with Crippen molar-refractivity contribution in [2.75, 3.05) is 6.61 Å². The van der Waals surface area contributed by atoms with Gasteiger partial charge in [-0.25, -0.2) is 13.6 Å². The average Bonchev–Trinajstić information content (AvgIpc) is 3.29. The summed E-state index contributed by atoms with van der Waals surface area (Å²) in [5.41, 5.74) is -0.0883. The third-order valence-corrected chi connectivity index (χ3v) is 5.32. The number of halogens is 8. The van der Waals surface area contributed by atoms with E-state index >= 15 is 0 Å². The number of esters is 3. The molecule has 3 aliphatic heterocycles. The lowest BCUT2D eigenvalue weighted by Crippen LogP contribution is -2.59. The summed E-state index contributed by atoms with van der Waals surface area (Å²) in [5, 5.41) is 0.